The normalized spacial score (nSPS) is 14.1. The van der Waals surface area contributed by atoms with Gasteiger partial charge in [-0.3, -0.25) is 14.2 Å². The molecule has 1 saturated heterocycles. The highest BCUT2D eigenvalue weighted by atomic mass is 32.2. The number of hydrogen-bond acceptors (Lipinski definition) is 7. The van der Waals surface area contributed by atoms with Gasteiger partial charge in [-0.05, 0) is 12.1 Å². The number of thioether (sulfide) groups is 1. The molecule has 0 saturated carbocycles. The molecule has 2 heterocycles. The van der Waals surface area contributed by atoms with E-state index in [0.29, 0.717) is 29.2 Å². The van der Waals surface area contributed by atoms with Crippen molar-refractivity contribution < 1.29 is 19.1 Å². The molecular formula is C16H17N3O5S. The van der Waals surface area contributed by atoms with Crippen molar-refractivity contribution in [3.05, 3.63) is 34.6 Å². The molecule has 1 aliphatic heterocycles. The Morgan fingerprint density at radius 1 is 1.36 bits per heavy atom. The summed E-state index contributed by atoms with van der Waals surface area (Å²) in [6.45, 7) is 1.14. The Morgan fingerprint density at radius 2 is 2.16 bits per heavy atom. The van der Waals surface area contributed by atoms with Crippen molar-refractivity contribution in [2.75, 3.05) is 32.6 Å². The van der Waals surface area contributed by atoms with E-state index in [1.165, 1.54) is 4.57 Å². The minimum Gasteiger partial charge on any atom is -0.447 e. The summed E-state index contributed by atoms with van der Waals surface area (Å²) < 4.78 is 11.3. The van der Waals surface area contributed by atoms with Crippen molar-refractivity contribution in [2.45, 2.75) is 11.7 Å². The molecule has 9 heteroatoms. The maximum absolute atomic E-state index is 12.7. The second-order valence-electron chi connectivity index (χ2n) is 5.31. The smallest absolute Gasteiger partial charge is 0.416 e. The summed E-state index contributed by atoms with van der Waals surface area (Å²) in [5.41, 5.74) is 0.384. The number of imide groups is 1. The van der Waals surface area contributed by atoms with Gasteiger partial charge >= 0.3 is 6.09 Å². The molecule has 2 amide bonds. The quantitative estimate of drug-likeness (QED) is 0.561. The number of benzene rings is 1. The van der Waals surface area contributed by atoms with Gasteiger partial charge in [-0.25, -0.2) is 14.7 Å². The molecule has 1 aliphatic rings. The summed E-state index contributed by atoms with van der Waals surface area (Å²) in [4.78, 5) is 41.9. The van der Waals surface area contributed by atoms with Crippen LogP contribution in [0.2, 0.25) is 0 Å². The maximum atomic E-state index is 12.7. The summed E-state index contributed by atoms with van der Waals surface area (Å²) in [7, 11) is 1.55. The van der Waals surface area contributed by atoms with Gasteiger partial charge in [0.05, 0.1) is 36.4 Å². The Balaban J connectivity index is 1.87. The summed E-state index contributed by atoms with van der Waals surface area (Å²) in [6, 6.07) is 7.05. The van der Waals surface area contributed by atoms with Crippen molar-refractivity contribution in [1.82, 2.24) is 14.5 Å². The monoisotopic (exact) mass is 363 g/mol. The molecule has 1 fully saturated rings. The van der Waals surface area contributed by atoms with Crippen LogP contribution in [-0.4, -0.2) is 59.1 Å². The van der Waals surface area contributed by atoms with Crippen molar-refractivity contribution >= 4 is 34.7 Å². The summed E-state index contributed by atoms with van der Waals surface area (Å²) in [5.74, 6) is -0.374. The third-order valence-corrected chi connectivity index (χ3v) is 4.69. The topological polar surface area (TPSA) is 90.7 Å². The fourth-order valence-electron chi connectivity index (χ4n) is 2.46. The Bertz CT molecular complexity index is 866. The highest BCUT2D eigenvalue weighted by molar-refractivity contribution is 7.99. The highest BCUT2D eigenvalue weighted by Crippen LogP contribution is 2.19. The van der Waals surface area contributed by atoms with Gasteiger partial charge in [-0.1, -0.05) is 23.9 Å². The fraction of sp³-hybridized carbons (Fsp3) is 0.375. The Hall–Kier alpha value is -2.39. The molecule has 0 N–H and O–H groups in total. The first kappa shape index (κ1) is 17.4. The zero-order valence-corrected chi connectivity index (χ0v) is 14.5. The van der Waals surface area contributed by atoms with Gasteiger partial charge in [-0.2, -0.15) is 0 Å². The molecule has 1 aromatic heterocycles. The number of nitrogens with zero attached hydrogens (tertiary/aromatic N) is 3. The SMILES string of the molecule is COCCn1c(SCC(=O)N2CCOC2=O)nc2ccccc2c1=O. The number of hydrogen-bond donors (Lipinski definition) is 0. The maximum Gasteiger partial charge on any atom is 0.416 e. The van der Waals surface area contributed by atoms with Gasteiger partial charge in [0, 0.05) is 7.11 Å². The molecule has 0 spiro atoms. The van der Waals surface area contributed by atoms with Crippen LogP contribution < -0.4 is 5.56 Å². The second-order valence-corrected chi connectivity index (χ2v) is 6.25. The van der Waals surface area contributed by atoms with E-state index in [0.717, 1.165) is 16.7 Å². The number of methoxy groups -OCH3 is 1. The first-order valence-electron chi connectivity index (χ1n) is 7.70. The zero-order chi connectivity index (χ0) is 17.8. The van der Waals surface area contributed by atoms with Gasteiger partial charge < -0.3 is 9.47 Å². The van der Waals surface area contributed by atoms with Crippen LogP contribution in [0.25, 0.3) is 10.9 Å². The molecule has 0 aliphatic carbocycles. The van der Waals surface area contributed by atoms with Crippen molar-refractivity contribution in [3.63, 3.8) is 0 Å². The van der Waals surface area contributed by atoms with Gasteiger partial charge in [0.15, 0.2) is 5.16 Å². The van der Waals surface area contributed by atoms with E-state index in [2.05, 4.69) is 4.98 Å². The number of aromatic nitrogens is 2. The highest BCUT2D eigenvalue weighted by Gasteiger charge is 2.28. The lowest BCUT2D eigenvalue weighted by Gasteiger charge is -2.14. The van der Waals surface area contributed by atoms with Crippen LogP contribution in [0.5, 0.6) is 0 Å². The molecule has 0 bridgehead atoms. The van der Waals surface area contributed by atoms with E-state index >= 15 is 0 Å². The standard InChI is InChI=1S/C16H17N3O5S/c1-23-8-6-19-14(21)11-4-2-3-5-12(11)17-15(19)25-10-13(20)18-7-9-24-16(18)22/h2-5H,6-10H2,1H3. The first-order chi connectivity index (χ1) is 12.1. The average molecular weight is 363 g/mol. The minimum absolute atomic E-state index is 0.00708. The zero-order valence-electron chi connectivity index (χ0n) is 13.6. The van der Waals surface area contributed by atoms with E-state index in [-0.39, 0.29) is 30.4 Å². The number of ether oxygens (including phenoxy) is 2. The number of carbonyl (C=O) groups excluding carboxylic acids is 2. The van der Waals surface area contributed by atoms with E-state index in [1.807, 2.05) is 0 Å². The third-order valence-electron chi connectivity index (χ3n) is 3.73. The predicted molar refractivity (Wildman–Crippen MR) is 91.7 cm³/mol. The van der Waals surface area contributed by atoms with Crippen LogP contribution in [0.4, 0.5) is 4.79 Å². The summed E-state index contributed by atoms with van der Waals surface area (Å²) >= 11 is 1.12. The second kappa shape index (κ2) is 7.66. The summed E-state index contributed by atoms with van der Waals surface area (Å²) in [5, 5.41) is 0.930. The molecule has 132 valence electrons. The number of carbonyl (C=O) groups is 2. The molecule has 1 aromatic carbocycles. The molecule has 25 heavy (non-hydrogen) atoms. The largest absolute Gasteiger partial charge is 0.447 e. The van der Waals surface area contributed by atoms with Crippen LogP contribution in [-0.2, 0) is 20.8 Å². The lowest BCUT2D eigenvalue weighted by Crippen LogP contribution is -2.33. The fourth-order valence-corrected chi connectivity index (χ4v) is 3.36. The van der Waals surface area contributed by atoms with Crippen LogP contribution >= 0.6 is 11.8 Å². The lowest BCUT2D eigenvalue weighted by atomic mass is 10.2. The minimum atomic E-state index is -0.631. The Labute approximate surface area is 147 Å². The number of amides is 2. The summed E-state index contributed by atoms with van der Waals surface area (Å²) in [6.07, 6.45) is -0.631. The van der Waals surface area contributed by atoms with Crippen molar-refractivity contribution in [1.29, 1.82) is 0 Å². The molecule has 3 rings (SSSR count). The first-order valence-corrected chi connectivity index (χ1v) is 8.69. The van der Waals surface area contributed by atoms with Gasteiger partial charge in [-0.15, -0.1) is 0 Å². The third kappa shape index (κ3) is 3.67. The van der Waals surface area contributed by atoms with Crippen LogP contribution in [0, 0.1) is 0 Å². The molecule has 0 atom stereocenters. The number of cyclic esters (lactones) is 1. The van der Waals surface area contributed by atoms with Crippen LogP contribution in [0.3, 0.4) is 0 Å². The van der Waals surface area contributed by atoms with E-state index < -0.39 is 6.09 Å². The number of rotatable bonds is 6. The number of para-hydroxylation sites is 1. The van der Waals surface area contributed by atoms with E-state index in [4.69, 9.17) is 9.47 Å². The molecule has 0 unspecified atom stereocenters. The van der Waals surface area contributed by atoms with E-state index in [9.17, 15) is 14.4 Å². The molecule has 0 radical (unpaired) electrons. The van der Waals surface area contributed by atoms with Gasteiger partial charge in [0.25, 0.3) is 5.56 Å². The van der Waals surface area contributed by atoms with Crippen molar-refractivity contribution in [2.24, 2.45) is 0 Å². The Kier molecular flexibility index (Phi) is 5.34. The van der Waals surface area contributed by atoms with Gasteiger partial charge in [0.1, 0.15) is 6.61 Å². The molecule has 8 nitrogen and oxygen atoms in total. The average Bonchev–Trinajstić information content (AvgIpc) is 3.05. The lowest BCUT2D eigenvalue weighted by molar-refractivity contribution is -0.125. The van der Waals surface area contributed by atoms with E-state index in [1.54, 1.807) is 31.4 Å². The van der Waals surface area contributed by atoms with Crippen LogP contribution in [0.15, 0.2) is 34.2 Å². The molecule has 2 aromatic rings. The number of fused-ring (bicyclic) bond motifs is 1. The van der Waals surface area contributed by atoms with Gasteiger partial charge in [0.2, 0.25) is 5.91 Å². The van der Waals surface area contributed by atoms with Crippen molar-refractivity contribution in [3.8, 4) is 0 Å². The predicted octanol–water partition coefficient (Wildman–Crippen LogP) is 1.11. The Morgan fingerprint density at radius 3 is 2.88 bits per heavy atom. The van der Waals surface area contributed by atoms with Crippen LogP contribution in [0.1, 0.15) is 0 Å². The molecular weight excluding hydrogens is 346 g/mol.